The molecule has 2 rings (SSSR count). The second kappa shape index (κ2) is 5.93. The van der Waals surface area contributed by atoms with Crippen LogP contribution in [0.25, 0.3) is 0 Å². The number of pyridine rings is 1. The molecule has 1 aliphatic heterocycles. The van der Waals surface area contributed by atoms with Crippen LogP contribution in [0, 0.1) is 0 Å². The lowest BCUT2D eigenvalue weighted by Gasteiger charge is -2.10. The minimum absolute atomic E-state index is 0.327. The van der Waals surface area contributed by atoms with Gasteiger partial charge in [0.05, 0.1) is 11.8 Å². The highest BCUT2D eigenvalue weighted by Crippen LogP contribution is 2.15. The topological polar surface area (TPSA) is 60.2 Å². The zero-order valence-electron chi connectivity index (χ0n) is 9.69. The number of ether oxygens (including phenoxy) is 1. The van der Waals surface area contributed by atoms with Crippen LogP contribution in [0.3, 0.4) is 0 Å². The largest absolute Gasteiger partial charge is 0.388 e. The zero-order valence-corrected chi connectivity index (χ0v) is 10.5. The molecule has 0 spiro atoms. The van der Waals surface area contributed by atoms with Gasteiger partial charge in [0.2, 0.25) is 0 Å². The molecule has 1 saturated heterocycles. The van der Waals surface area contributed by atoms with Crippen molar-refractivity contribution in [3.63, 3.8) is 0 Å². The molecule has 17 heavy (non-hydrogen) atoms. The highest BCUT2D eigenvalue weighted by molar-refractivity contribution is 7.80. The number of hydrogen-bond acceptors (Lipinski definition) is 4. The third kappa shape index (κ3) is 3.64. The van der Waals surface area contributed by atoms with E-state index in [4.69, 9.17) is 22.7 Å². The summed E-state index contributed by atoms with van der Waals surface area (Å²) in [7, 11) is 0. The van der Waals surface area contributed by atoms with Gasteiger partial charge in [-0.1, -0.05) is 18.3 Å². The van der Waals surface area contributed by atoms with Crippen LogP contribution in [0.15, 0.2) is 18.2 Å². The smallest absolute Gasteiger partial charge is 0.126 e. The predicted octanol–water partition coefficient (Wildman–Crippen LogP) is 1.70. The summed E-state index contributed by atoms with van der Waals surface area (Å²) in [5, 5.41) is 3.26. The first kappa shape index (κ1) is 12.3. The van der Waals surface area contributed by atoms with Gasteiger partial charge in [-0.15, -0.1) is 0 Å². The molecule has 3 N–H and O–H groups in total. The maximum atomic E-state index is 5.55. The summed E-state index contributed by atoms with van der Waals surface area (Å²) >= 11 is 4.89. The van der Waals surface area contributed by atoms with E-state index in [9.17, 15) is 0 Å². The molecule has 0 amide bonds. The van der Waals surface area contributed by atoms with E-state index in [1.54, 1.807) is 0 Å². The van der Waals surface area contributed by atoms with Crippen LogP contribution in [0.2, 0.25) is 0 Å². The van der Waals surface area contributed by atoms with Crippen molar-refractivity contribution in [2.45, 2.75) is 25.4 Å². The summed E-state index contributed by atoms with van der Waals surface area (Å²) in [6.45, 7) is 1.76. The minimum Gasteiger partial charge on any atom is -0.388 e. The first-order valence-electron chi connectivity index (χ1n) is 5.88. The van der Waals surface area contributed by atoms with Gasteiger partial charge in [-0.2, -0.15) is 0 Å². The Morgan fingerprint density at radius 2 is 2.47 bits per heavy atom. The van der Waals surface area contributed by atoms with Gasteiger partial charge in [-0.05, 0) is 31.4 Å². The Morgan fingerprint density at radius 3 is 3.18 bits per heavy atom. The Bertz CT molecular complexity index is 391. The molecule has 1 unspecified atom stereocenters. The SMILES string of the molecule is NC(=S)c1cccc(NCCC2CCCO2)n1. The van der Waals surface area contributed by atoms with Crippen LogP contribution >= 0.6 is 12.2 Å². The minimum atomic E-state index is 0.327. The number of nitrogens with one attached hydrogen (secondary N) is 1. The second-order valence-corrected chi connectivity index (χ2v) is 4.56. The molecular weight excluding hydrogens is 234 g/mol. The third-order valence-electron chi connectivity index (χ3n) is 2.80. The zero-order chi connectivity index (χ0) is 12.1. The van der Waals surface area contributed by atoms with E-state index < -0.39 is 0 Å². The molecule has 4 nitrogen and oxygen atoms in total. The van der Waals surface area contributed by atoms with Crippen molar-refractivity contribution >= 4 is 23.0 Å². The molecule has 0 aliphatic carbocycles. The van der Waals surface area contributed by atoms with Gasteiger partial charge in [0.25, 0.3) is 0 Å². The molecule has 1 fully saturated rings. The number of thiocarbonyl (C=S) groups is 1. The van der Waals surface area contributed by atoms with Crippen molar-refractivity contribution in [3.05, 3.63) is 23.9 Å². The number of rotatable bonds is 5. The van der Waals surface area contributed by atoms with E-state index >= 15 is 0 Å². The van der Waals surface area contributed by atoms with Gasteiger partial charge in [0.1, 0.15) is 10.8 Å². The van der Waals surface area contributed by atoms with Crippen molar-refractivity contribution in [2.24, 2.45) is 5.73 Å². The Hall–Kier alpha value is -1.20. The molecule has 2 heterocycles. The van der Waals surface area contributed by atoms with E-state index in [1.165, 1.54) is 12.8 Å². The van der Waals surface area contributed by atoms with Gasteiger partial charge in [0, 0.05) is 13.2 Å². The van der Waals surface area contributed by atoms with E-state index in [0.29, 0.717) is 16.8 Å². The summed E-state index contributed by atoms with van der Waals surface area (Å²) in [4.78, 5) is 4.64. The Kier molecular flexibility index (Phi) is 4.28. The highest BCUT2D eigenvalue weighted by Gasteiger charge is 2.14. The Morgan fingerprint density at radius 1 is 1.59 bits per heavy atom. The van der Waals surface area contributed by atoms with Gasteiger partial charge >= 0.3 is 0 Å². The normalized spacial score (nSPS) is 19.2. The molecule has 0 bridgehead atoms. The molecule has 1 atom stereocenters. The fourth-order valence-electron chi connectivity index (χ4n) is 1.90. The van der Waals surface area contributed by atoms with Crippen LogP contribution in [0.4, 0.5) is 5.82 Å². The summed E-state index contributed by atoms with van der Waals surface area (Å²) in [5.41, 5.74) is 6.19. The van der Waals surface area contributed by atoms with Crippen molar-refractivity contribution in [2.75, 3.05) is 18.5 Å². The first-order chi connectivity index (χ1) is 8.25. The molecule has 1 aromatic rings. The standard InChI is InChI=1S/C12H17N3OS/c13-12(17)10-4-1-5-11(15-10)14-7-6-9-3-2-8-16-9/h1,4-5,9H,2-3,6-8H2,(H2,13,17)(H,14,15). The average molecular weight is 251 g/mol. The molecular formula is C12H17N3OS. The van der Waals surface area contributed by atoms with E-state index in [1.807, 2.05) is 18.2 Å². The first-order valence-corrected chi connectivity index (χ1v) is 6.29. The fourth-order valence-corrected chi connectivity index (χ4v) is 2.02. The summed E-state index contributed by atoms with van der Waals surface area (Å²) in [6, 6.07) is 5.63. The number of aromatic nitrogens is 1. The quantitative estimate of drug-likeness (QED) is 0.780. The monoisotopic (exact) mass is 251 g/mol. The maximum Gasteiger partial charge on any atom is 0.126 e. The van der Waals surface area contributed by atoms with Crippen LogP contribution < -0.4 is 11.1 Å². The Balaban J connectivity index is 1.81. The van der Waals surface area contributed by atoms with Gasteiger partial charge in [0.15, 0.2) is 0 Å². The van der Waals surface area contributed by atoms with Crippen molar-refractivity contribution < 1.29 is 4.74 Å². The molecule has 0 saturated carbocycles. The van der Waals surface area contributed by atoms with Crippen LogP contribution in [-0.2, 0) is 4.74 Å². The number of anilines is 1. The van der Waals surface area contributed by atoms with Gasteiger partial charge in [-0.3, -0.25) is 0 Å². The number of nitrogens with zero attached hydrogens (tertiary/aromatic N) is 1. The van der Waals surface area contributed by atoms with E-state index in [2.05, 4.69) is 10.3 Å². The lowest BCUT2D eigenvalue weighted by molar-refractivity contribution is 0.107. The number of nitrogens with two attached hydrogens (primary N) is 1. The maximum absolute atomic E-state index is 5.55. The second-order valence-electron chi connectivity index (χ2n) is 4.12. The average Bonchev–Trinajstić information content (AvgIpc) is 2.82. The van der Waals surface area contributed by atoms with Crippen LogP contribution in [-0.4, -0.2) is 29.2 Å². The Labute approximate surface area is 107 Å². The summed E-state index contributed by atoms with van der Waals surface area (Å²) < 4.78 is 5.55. The van der Waals surface area contributed by atoms with Crippen LogP contribution in [0.5, 0.6) is 0 Å². The summed E-state index contributed by atoms with van der Waals surface area (Å²) in [6.07, 6.45) is 3.77. The van der Waals surface area contributed by atoms with E-state index in [0.717, 1.165) is 25.4 Å². The molecule has 92 valence electrons. The van der Waals surface area contributed by atoms with Crippen molar-refractivity contribution in [3.8, 4) is 0 Å². The van der Waals surface area contributed by atoms with Crippen LogP contribution in [0.1, 0.15) is 25.0 Å². The lowest BCUT2D eigenvalue weighted by atomic mass is 10.2. The van der Waals surface area contributed by atoms with E-state index in [-0.39, 0.29) is 0 Å². The fraction of sp³-hybridized carbons (Fsp3) is 0.500. The van der Waals surface area contributed by atoms with Gasteiger partial charge < -0.3 is 15.8 Å². The summed E-state index contributed by atoms with van der Waals surface area (Å²) in [5.74, 6) is 0.813. The third-order valence-corrected chi connectivity index (χ3v) is 3.01. The molecule has 0 aromatic carbocycles. The molecule has 1 aromatic heterocycles. The molecule has 1 aliphatic rings. The molecule has 0 radical (unpaired) electrons. The lowest BCUT2D eigenvalue weighted by Crippen LogP contribution is -2.15. The number of hydrogen-bond donors (Lipinski definition) is 2. The van der Waals surface area contributed by atoms with Crippen molar-refractivity contribution in [1.29, 1.82) is 0 Å². The predicted molar refractivity (Wildman–Crippen MR) is 72.2 cm³/mol. The molecule has 5 heteroatoms. The van der Waals surface area contributed by atoms with Gasteiger partial charge in [-0.25, -0.2) is 4.98 Å². The highest BCUT2D eigenvalue weighted by atomic mass is 32.1. The van der Waals surface area contributed by atoms with Crippen molar-refractivity contribution in [1.82, 2.24) is 4.98 Å².